The van der Waals surface area contributed by atoms with Gasteiger partial charge in [0.25, 0.3) is 0 Å². The van der Waals surface area contributed by atoms with E-state index in [4.69, 9.17) is 4.74 Å². The molecule has 3 aromatic rings. The zero-order valence-electron chi connectivity index (χ0n) is 15.3. The van der Waals surface area contributed by atoms with Gasteiger partial charge in [0.1, 0.15) is 5.82 Å². The highest BCUT2D eigenvalue weighted by Crippen LogP contribution is 2.32. The van der Waals surface area contributed by atoms with Crippen molar-refractivity contribution in [2.45, 2.75) is 18.9 Å². The molecule has 0 aliphatic carbocycles. The molecule has 0 spiro atoms. The maximum absolute atomic E-state index is 5.59. The summed E-state index contributed by atoms with van der Waals surface area (Å²) in [7, 11) is 0. The molecule has 0 saturated carbocycles. The second-order valence-corrected chi connectivity index (χ2v) is 7.31. The van der Waals surface area contributed by atoms with Gasteiger partial charge in [0.2, 0.25) is 0 Å². The SMILES string of the molecule is c1ccc2[nH]c(CN3CC(c4nccnc4N4CCCOCC4)C3)nc2c1. The highest BCUT2D eigenvalue weighted by Gasteiger charge is 2.33. The molecule has 5 rings (SSSR count). The number of aromatic amines is 1. The second-order valence-electron chi connectivity index (χ2n) is 7.31. The maximum atomic E-state index is 5.59. The van der Waals surface area contributed by atoms with Crippen molar-refractivity contribution in [1.82, 2.24) is 24.8 Å². The van der Waals surface area contributed by atoms with Crippen molar-refractivity contribution in [2.24, 2.45) is 0 Å². The van der Waals surface area contributed by atoms with E-state index in [0.29, 0.717) is 5.92 Å². The number of hydrogen-bond acceptors (Lipinski definition) is 6. The predicted molar refractivity (Wildman–Crippen MR) is 104 cm³/mol. The third-order valence-corrected chi connectivity index (χ3v) is 5.38. The number of nitrogens with zero attached hydrogens (tertiary/aromatic N) is 5. The van der Waals surface area contributed by atoms with Crippen LogP contribution in [0.3, 0.4) is 0 Å². The van der Waals surface area contributed by atoms with Crippen LogP contribution in [-0.4, -0.2) is 64.2 Å². The zero-order valence-corrected chi connectivity index (χ0v) is 15.3. The van der Waals surface area contributed by atoms with E-state index in [0.717, 1.165) is 80.7 Å². The average molecular weight is 364 g/mol. The van der Waals surface area contributed by atoms with Crippen molar-refractivity contribution in [3.8, 4) is 0 Å². The number of H-pyrrole nitrogens is 1. The first-order chi connectivity index (χ1) is 13.4. The molecule has 2 aliphatic rings. The van der Waals surface area contributed by atoms with E-state index < -0.39 is 0 Å². The van der Waals surface area contributed by atoms with Gasteiger partial charge in [-0.1, -0.05) is 12.1 Å². The average Bonchev–Trinajstić information content (AvgIpc) is 2.88. The number of rotatable bonds is 4. The minimum absolute atomic E-state index is 0.433. The van der Waals surface area contributed by atoms with E-state index in [2.05, 4.69) is 35.8 Å². The normalized spacial score (nSPS) is 19.2. The van der Waals surface area contributed by atoms with Gasteiger partial charge in [-0.3, -0.25) is 9.88 Å². The van der Waals surface area contributed by atoms with Crippen LogP contribution in [0.1, 0.15) is 23.9 Å². The molecule has 1 N–H and O–H groups in total. The minimum Gasteiger partial charge on any atom is -0.380 e. The van der Waals surface area contributed by atoms with E-state index in [1.807, 2.05) is 24.4 Å². The number of para-hydroxylation sites is 2. The van der Waals surface area contributed by atoms with Crippen molar-refractivity contribution >= 4 is 16.9 Å². The first-order valence-corrected chi connectivity index (χ1v) is 9.66. The Kier molecular flexibility index (Phi) is 4.47. The Morgan fingerprint density at radius 3 is 2.89 bits per heavy atom. The molecule has 0 amide bonds. The van der Waals surface area contributed by atoms with Crippen molar-refractivity contribution in [1.29, 1.82) is 0 Å². The molecule has 0 atom stereocenters. The number of imidazole rings is 1. The molecule has 0 unspecified atom stereocenters. The predicted octanol–water partition coefficient (Wildman–Crippen LogP) is 2.18. The number of benzene rings is 1. The third kappa shape index (κ3) is 3.40. The highest BCUT2D eigenvalue weighted by molar-refractivity contribution is 5.74. The third-order valence-electron chi connectivity index (χ3n) is 5.38. The van der Waals surface area contributed by atoms with Crippen LogP contribution in [0.2, 0.25) is 0 Å². The summed E-state index contributed by atoms with van der Waals surface area (Å²) in [6.45, 7) is 6.31. The second kappa shape index (κ2) is 7.25. The van der Waals surface area contributed by atoms with E-state index in [1.54, 1.807) is 6.20 Å². The molecule has 4 heterocycles. The Morgan fingerprint density at radius 2 is 1.96 bits per heavy atom. The molecule has 140 valence electrons. The minimum atomic E-state index is 0.433. The summed E-state index contributed by atoms with van der Waals surface area (Å²) in [6.07, 6.45) is 4.66. The largest absolute Gasteiger partial charge is 0.380 e. The Labute approximate surface area is 158 Å². The summed E-state index contributed by atoms with van der Waals surface area (Å²) in [5, 5.41) is 0. The number of nitrogens with one attached hydrogen (secondary N) is 1. The van der Waals surface area contributed by atoms with Crippen LogP contribution >= 0.6 is 0 Å². The van der Waals surface area contributed by atoms with E-state index in [-0.39, 0.29) is 0 Å². The standard InChI is InChI=1S/C20H24N6O/c1-2-5-17-16(4-1)23-18(24-17)14-25-12-15(13-25)19-20(22-7-6-21-19)26-8-3-10-27-11-9-26/h1-2,4-7,15H,3,8-14H2,(H,23,24). The van der Waals surface area contributed by atoms with Crippen LogP contribution in [0.4, 0.5) is 5.82 Å². The van der Waals surface area contributed by atoms with E-state index in [9.17, 15) is 0 Å². The molecule has 7 heteroatoms. The number of likely N-dealkylation sites (tertiary alicyclic amines) is 1. The lowest BCUT2D eigenvalue weighted by Crippen LogP contribution is -2.45. The molecule has 0 radical (unpaired) electrons. The van der Waals surface area contributed by atoms with Gasteiger partial charge in [-0.25, -0.2) is 9.97 Å². The summed E-state index contributed by atoms with van der Waals surface area (Å²) in [4.78, 5) is 22.2. The van der Waals surface area contributed by atoms with Crippen LogP contribution in [0, 0.1) is 0 Å². The van der Waals surface area contributed by atoms with Gasteiger partial charge in [0.15, 0.2) is 5.82 Å². The number of anilines is 1. The molecule has 7 nitrogen and oxygen atoms in total. The summed E-state index contributed by atoms with van der Waals surface area (Å²) >= 11 is 0. The van der Waals surface area contributed by atoms with Crippen LogP contribution in [0.25, 0.3) is 11.0 Å². The molecule has 2 aliphatic heterocycles. The lowest BCUT2D eigenvalue weighted by atomic mass is 9.95. The number of ether oxygens (including phenoxy) is 1. The zero-order chi connectivity index (χ0) is 18.1. The van der Waals surface area contributed by atoms with Crippen molar-refractivity contribution in [3.05, 3.63) is 48.2 Å². The van der Waals surface area contributed by atoms with Gasteiger partial charge < -0.3 is 14.6 Å². The van der Waals surface area contributed by atoms with Crippen molar-refractivity contribution in [3.63, 3.8) is 0 Å². The Bertz CT molecular complexity index is 878. The molecular formula is C20H24N6O. The van der Waals surface area contributed by atoms with Gasteiger partial charge in [0, 0.05) is 51.1 Å². The molecule has 27 heavy (non-hydrogen) atoms. The first-order valence-electron chi connectivity index (χ1n) is 9.66. The smallest absolute Gasteiger partial charge is 0.150 e. The van der Waals surface area contributed by atoms with Crippen LogP contribution in [0.5, 0.6) is 0 Å². The molecular weight excluding hydrogens is 340 g/mol. The Balaban J connectivity index is 1.26. The van der Waals surface area contributed by atoms with Crippen molar-refractivity contribution in [2.75, 3.05) is 44.3 Å². The fourth-order valence-electron chi connectivity index (χ4n) is 4.00. The van der Waals surface area contributed by atoms with Gasteiger partial charge in [-0.15, -0.1) is 0 Å². The molecule has 1 aromatic carbocycles. The van der Waals surface area contributed by atoms with Gasteiger partial charge >= 0.3 is 0 Å². The lowest BCUT2D eigenvalue weighted by molar-refractivity contribution is 0.134. The Morgan fingerprint density at radius 1 is 1.07 bits per heavy atom. The fourth-order valence-corrected chi connectivity index (χ4v) is 4.00. The molecule has 2 saturated heterocycles. The summed E-state index contributed by atoms with van der Waals surface area (Å²) in [6, 6.07) is 8.18. The maximum Gasteiger partial charge on any atom is 0.150 e. The van der Waals surface area contributed by atoms with Gasteiger partial charge in [-0.2, -0.15) is 0 Å². The highest BCUT2D eigenvalue weighted by atomic mass is 16.5. The molecule has 2 fully saturated rings. The van der Waals surface area contributed by atoms with Gasteiger partial charge in [-0.05, 0) is 18.6 Å². The quantitative estimate of drug-likeness (QED) is 0.765. The van der Waals surface area contributed by atoms with E-state index >= 15 is 0 Å². The van der Waals surface area contributed by atoms with Crippen LogP contribution in [-0.2, 0) is 11.3 Å². The number of fused-ring (bicyclic) bond motifs is 1. The lowest BCUT2D eigenvalue weighted by Gasteiger charge is -2.39. The summed E-state index contributed by atoms with van der Waals surface area (Å²) < 4.78 is 5.59. The Hall–Kier alpha value is -2.51. The summed E-state index contributed by atoms with van der Waals surface area (Å²) in [5.74, 6) is 2.50. The fraction of sp³-hybridized carbons (Fsp3) is 0.450. The van der Waals surface area contributed by atoms with E-state index in [1.165, 1.54) is 0 Å². The molecule has 2 aromatic heterocycles. The number of hydrogen-bond donors (Lipinski definition) is 1. The molecule has 0 bridgehead atoms. The van der Waals surface area contributed by atoms with Crippen LogP contribution < -0.4 is 4.90 Å². The first kappa shape index (κ1) is 16.6. The summed E-state index contributed by atoms with van der Waals surface area (Å²) in [5.41, 5.74) is 3.26. The monoisotopic (exact) mass is 364 g/mol. The number of aromatic nitrogens is 4. The van der Waals surface area contributed by atoms with Crippen molar-refractivity contribution < 1.29 is 4.74 Å². The van der Waals surface area contributed by atoms with Crippen LogP contribution in [0.15, 0.2) is 36.7 Å². The van der Waals surface area contributed by atoms with Gasteiger partial charge in [0.05, 0.1) is 29.9 Å². The topological polar surface area (TPSA) is 70.2 Å².